The number of rotatable bonds is 5. The van der Waals surface area contributed by atoms with E-state index in [1.54, 1.807) is 49.6 Å². The van der Waals surface area contributed by atoms with E-state index in [4.69, 9.17) is 16.3 Å². The molecule has 0 radical (unpaired) electrons. The van der Waals surface area contributed by atoms with Crippen LogP contribution in [0.5, 0.6) is 5.75 Å². The molecule has 150 valence electrons. The molecule has 4 rings (SSSR count). The van der Waals surface area contributed by atoms with Crippen molar-refractivity contribution in [3.05, 3.63) is 88.4 Å². The summed E-state index contributed by atoms with van der Waals surface area (Å²) in [5.74, 6) is -0.466. The van der Waals surface area contributed by atoms with E-state index < -0.39 is 11.8 Å². The van der Waals surface area contributed by atoms with Gasteiger partial charge in [0.05, 0.1) is 35.4 Å². The monoisotopic (exact) mass is 420 g/mol. The second-order valence-corrected chi connectivity index (χ2v) is 7.10. The summed E-state index contributed by atoms with van der Waals surface area (Å²) >= 11 is 6.36. The van der Waals surface area contributed by atoms with Gasteiger partial charge in [-0.25, -0.2) is 4.90 Å². The molecule has 0 saturated heterocycles. The molecule has 0 bridgehead atoms. The minimum atomic E-state index is -0.426. The molecule has 3 aromatic carbocycles. The molecule has 30 heavy (non-hydrogen) atoms. The number of imide groups is 1. The molecule has 3 amide bonds. The highest BCUT2D eigenvalue weighted by molar-refractivity contribution is 6.40. The van der Waals surface area contributed by atoms with Gasteiger partial charge in [0.15, 0.2) is 0 Å². The Morgan fingerprint density at radius 3 is 2.23 bits per heavy atom. The highest BCUT2D eigenvalue weighted by atomic mass is 35.5. The Hall–Kier alpha value is -3.64. The lowest BCUT2D eigenvalue weighted by molar-refractivity contribution is -0.115. The van der Waals surface area contributed by atoms with E-state index in [1.165, 1.54) is 6.07 Å². The van der Waals surface area contributed by atoms with Crippen LogP contribution >= 0.6 is 11.6 Å². The molecule has 0 unspecified atom stereocenters. The number of methoxy groups -OCH3 is 1. The van der Waals surface area contributed by atoms with Gasteiger partial charge in [-0.15, -0.1) is 0 Å². The number of nitrogens with one attached hydrogen (secondary N) is 1. The Morgan fingerprint density at radius 2 is 1.60 bits per heavy atom. The molecule has 0 fully saturated rings. The Kier molecular flexibility index (Phi) is 5.25. The second kappa shape index (κ2) is 8.00. The van der Waals surface area contributed by atoms with Gasteiger partial charge in [0, 0.05) is 11.3 Å². The number of hydrogen-bond acceptors (Lipinski definition) is 4. The van der Waals surface area contributed by atoms with E-state index in [2.05, 4.69) is 5.32 Å². The zero-order valence-corrected chi connectivity index (χ0v) is 16.8. The predicted octanol–water partition coefficient (Wildman–Crippen LogP) is 4.33. The number of amides is 3. The van der Waals surface area contributed by atoms with Gasteiger partial charge < -0.3 is 10.1 Å². The van der Waals surface area contributed by atoms with Crippen molar-refractivity contribution in [1.29, 1.82) is 0 Å². The normalized spacial score (nSPS) is 12.7. The Bertz CT molecular complexity index is 1140. The lowest BCUT2D eigenvalue weighted by Gasteiger charge is -2.16. The third-order valence-electron chi connectivity index (χ3n) is 4.81. The maximum absolute atomic E-state index is 12.7. The lowest BCUT2D eigenvalue weighted by atomic mass is 10.1. The smallest absolute Gasteiger partial charge is 0.266 e. The predicted molar refractivity (Wildman–Crippen MR) is 114 cm³/mol. The number of halogens is 1. The van der Waals surface area contributed by atoms with Crippen molar-refractivity contribution in [2.75, 3.05) is 17.3 Å². The zero-order valence-electron chi connectivity index (χ0n) is 16.0. The average molecular weight is 421 g/mol. The van der Waals surface area contributed by atoms with Gasteiger partial charge in [-0.2, -0.15) is 0 Å². The first-order valence-electron chi connectivity index (χ1n) is 9.18. The SMILES string of the molecule is COc1ccccc1CC(=O)Nc1ccc(N2C(=O)c3ccccc3C2=O)c(Cl)c1. The minimum Gasteiger partial charge on any atom is -0.496 e. The van der Waals surface area contributed by atoms with Crippen molar-refractivity contribution in [2.45, 2.75) is 6.42 Å². The van der Waals surface area contributed by atoms with Crippen LogP contribution in [0.1, 0.15) is 26.3 Å². The Morgan fingerprint density at radius 1 is 0.967 bits per heavy atom. The van der Waals surface area contributed by atoms with Gasteiger partial charge in [0.25, 0.3) is 11.8 Å². The first-order valence-corrected chi connectivity index (χ1v) is 9.56. The fourth-order valence-electron chi connectivity index (χ4n) is 3.40. The summed E-state index contributed by atoms with van der Waals surface area (Å²) < 4.78 is 5.26. The van der Waals surface area contributed by atoms with E-state index in [9.17, 15) is 14.4 Å². The summed E-state index contributed by atoms with van der Waals surface area (Å²) in [5, 5.41) is 2.95. The fourth-order valence-corrected chi connectivity index (χ4v) is 3.67. The van der Waals surface area contributed by atoms with E-state index >= 15 is 0 Å². The van der Waals surface area contributed by atoms with Crippen molar-refractivity contribution in [3.8, 4) is 5.75 Å². The third-order valence-corrected chi connectivity index (χ3v) is 5.11. The molecule has 1 heterocycles. The van der Waals surface area contributed by atoms with Crippen LogP contribution in [0, 0.1) is 0 Å². The topological polar surface area (TPSA) is 75.7 Å². The van der Waals surface area contributed by atoms with Crippen LogP contribution in [0.15, 0.2) is 66.7 Å². The third kappa shape index (κ3) is 3.53. The molecule has 0 aliphatic carbocycles. The van der Waals surface area contributed by atoms with Gasteiger partial charge in [-0.05, 0) is 36.4 Å². The van der Waals surface area contributed by atoms with Crippen molar-refractivity contribution in [2.24, 2.45) is 0 Å². The van der Waals surface area contributed by atoms with E-state index in [0.717, 1.165) is 10.5 Å². The van der Waals surface area contributed by atoms with Crippen LogP contribution in [0.2, 0.25) is 5.02 Å². The summed E-state index contributed by atoms with van der Waals surface area (Å²) in [6, 6.07) is 18.6. The largest absolute Gasteiger partial charge is 0.496 e. The molecule has 1 aliphatic heterocycles. The van der Waals surface area contributed by atoms with E-state index in [-0.39, 0.29) is 23.0 Å². The van der Waals surface area contributed by atoms with Crippen LogP contribution in [0.4, 0.5) is 11.4 Å². The Balaban J connectivity index is 1.52. The molecule has 1 N–H and O–H groups in total. The molecule has 1 aliphatic rings. The maximum Gasteiger partial charge on any atom is 0.266 e. The summed E-state index contributed by atoms with van der Waals surface area (Å²) in [7, 11) is 1.55. The number of carbonyl (C=O) groups is 3. The first kappa shape index (κ1) is 19.7. The quantitative estimate of drug-likeness (QED) is 0.623. The molecular weight excluding hydrogens is 404 g/mol. The summed E-state index contributed by atoms with van der Waals surface area (Å²) in [4.78, 5) is 38.8. The number of benzene rings is 3. The van der Waals surface area contributed by atoms with Crippen molar-refractivity contribution < 1.29 is 19.1 Å². The van der Waals surface area contributed by atoms with Gasteiger partial charge >= 0.3 is 0 Å². The molecule has 0 aromatic heterocycles. The van der Waals surface area contributed by atoms with Crippen LogP contribution < -0.4 is 15.0 Å². The maximum atomic E-state index is 12.7. The number of fused-ring (bicyclic) bond motifs is 1. The first-order chi connectivity index (χ1) is 14.5. The molecule has 0 spiro atoms. The molecule has 7 heteroatoms. The molecule has 3 aromatic rings. The van der Waals surface area contributed by atoms with E-state index in [0.29, 0.717) is 22.6 Å². The van der Waals surface area contributed by atoms with Gasteiger partial charge in [0.1, 0.15) is 5.75 Å². The van der Waals surface area contributed by atoms with Crippen molar-refractivity contribution in [1.82, 2.24) is 0 Å². The number of nitrogens with zero attached hydrogens (tertiary/aromatic N) is 1. The van der Waals surface area contributed by atoms with Crippen molar-refractivity contribution >= 4 is 40.7 Å². The summed E-state index contributed by atoms with van der Waals surface area (Å²) in [6.07, 6.45) is 0.127. The highest BCUT2D eigenvalue weighted by Crippen LogP contribution is 2.34. The van der Waals surface area contributed by atoms with E-state index in [1.807, 2.05) is 18.2 Å². The lowest BCUT2D eigenvalue weighted by Crippen LogP contribution is -2.29. The standard InChI is InChI=1S/C23H17ClN2O4/c1-30-20-9-5-2-6-14(20)12-21(27)25-15-10-11-19(18(24)13-15)26-22(28)16-7-3-4-8-17(16)23(26)29/h2-11,13H,12H2,1H3,(H,25,27). The second-order valence-electron chi connectivity index (χ2n) is 6.69. The van der Waals surface area contributed by atoms with Crippen molar-refractivity contribution in [3.63, 3.8) is 0 Å². The minimum absolute atomic E-state index is 0.127. The van der Waals surface area contributed by atoms with Crippen LogP contribution in [0.25, 0.3) is 0 Å². The number of ether oxygens (including phenoxy) is 1. The summed E-state index contributed by atoms with van der Waals surface area (Å²) in [5.41, 5.74) is 2.16. The zero-order chi connectivity index (χ0) is 21.3. The van der Waals surface area contributed by atoms with Gasteiger partial charge in [-0.3, -0.25) is 14.4 Å². The number of hydrogen-bond donors (Lipinski definition) is 1. The highest BCUT2D eigenvalue weighted by Gasteiger charge is 2.37. The van der Waals surface area contributed by atoms with Crippen LogP contribution in [0.3, 0.4) is 0 Å². The van der Waals surface area contributed by atoms with Crippen LogP contribution in [-0.4, -0.2) is 24.8 Å². The van der Waals surface area contributed by atoms with Gasteiger partial charge in [0.2, 0.25) is 5.91 Å². The fraction of sp³-hybridized carbons (Fsp3) is 0.0870. The number of anilines is 2. The summed E-state index contributed by atoms with van der Waals surface area (Å²) in [6.45, 7) is 0. The molecule has 6 nitrogen and oxygen atoms in total. The Labute approximate surface area is 178 Å². The average Bonchev–Trinajstić information content (AvgIpc) is 2.99. The molecule has 0 saturated carbocycles. The van der Waals surface area contributed by atoms with Crippen LogP contribution in [-0.2, 0) is 11.2 Å². The van der Waals surface area contributed by atoms with Gasteiger partial charge in [-0.1, -0.05) is 41.9 Å². The number of carbonyl (C=O) groups excluding carboxylic acids is 3. The molecular formula is C23H17ClN2O4. The molecule has 0 atom stereocenters. The number of para-hydroxylation sites is 1.